The molecule has 2 aliphatic carbocycles. The molecule has 0 radical (unpaired) electrons. The summed E-state index contributed by atoms with van der Waals surface area (Å²) in [6, 6.07) is 15.5. The van der Waals surface area contributed by atoms with Crippen molar-refractivity contribution in [1.29, 1.82) is 0 Å². The number of benzene rings is 2. The lowest BCUT2D eigenvalue weighted by atomic mass is 9.93. The molecule has 2 saturated heterocycles. The molecule has 2 aromatic carbocycles. The monoisotopic (exact) mass is 1040 g/mol. The Labute approximate surface area is 446 Å². The summed E-state index contributed by atoms with van der Waals surface area (Å²) in [7, 11) is 6.58. The van der Waals surface area contributed by atoms with Gasteiger partial charge >= 0.3 is 0 Å². The molecule has 17 nitrogen and oxygen atoms in total. The molecule has 17 heteroatoms. The van der Waals surface area contributed by atoms with E-state index in [1.165, 1.54) is 38.5 Å². The van der Waals surface area contributed by atoms with Crippen molar-refractivity contribution in [1.82, 2.24) is 40.0 Å². The lowest BCUT2D eigenvalue weighted by molar-refractivity contribution is -0.122. The maximum absolute atomic E-state index is 13.4. The normalized spacial score (nSPS) is 17.3. The number of aliphatic hydroxyl groups is 1. The predicted octanol–water partition coefficient (Wildman–Crippen LogP) is 9.23. The van der Waals surface area contributed by atoms with Crippen LogP contribution in [0.15, 0.2) is 48.5 Å². The molecule has 4 fully saturated rings. The number of hydrogen-bond donors (Lipinski definition) is 3. The van der Waals surface area contributed by atoms with E-state index in [0.29, 0.717) is 47.4 Å². The van der Waals surface area contributed by atoms with Gasteiger partial charge in [0.15, 0.2) is 11.5 Å². The number of carbonyl (C=O) groups excluding carboxylic acids is 3. The predicted molar refractivity (Wildman–Crippen MR) is 294 cm³/mol. The van der Waals surface area contributed by atoms with Gasteiger partial charge in [0.1, 0.15) is 23.0 Å². The van der Waals surface area contributed by atoms with Gasteiger partial charge < -0.3 is 44.5 Å². The van der Waals surface area contributed by atoms with Crippen molar-refractivity contribution in [2.75, 3.05) is 79.2 Å². The number of carbonyl (C=O) groups is 3. The SMILES string of the molecule is CCC(CC)n1nc(N(C=O)[C@@H](CCN2CCCCC2)CC(=O)NC2CCC2)cc1-c1c(OC)cccc1OC.COc1cccc(OC)c1-c1cc(C(=O)N[C@H](CCO)CCN2CCCCC2)nn1C1CCCC1. The molecule has 4 aromatic rings. The second-order valence-electron chi connectivity index (χ2n) is 20.8. The number of ether oxygens (including phenoxy) is 4. The van der Waals surface area contributed by atoms with Crippen LogP contribution in [0, 0.1) is 0 Å². The number of nitrogens with one attached hydrogen (secondary N) is 2. The van der Waals surface area contributed by atoms with Crippen molar-refractivity contribution in [3.8, 4) is 45.5 Å². The lowest BCUT2D eigenvalue weighted by Gasteiger charge is -2.32. The Balaban J connectivity index is 0.000000221. The van der Waals surface area contributed by atoms with Crippen molar-refractivity contribution in [3.63, 3.8) is 0 Å². The van der Waals surface area contributed by atoms with E-state index in [9.17, 15) is 19.5 Å². The molecule has 412 valence electrons. The van der Waals surface area contributed by atoms with E-state index in [0.717, 1.165) is 132 Å². The summed E-state index contributed by atoms with van der Waals surface area (Å²) >= 11 is 0. The van der Waals surface area contributed by atoms with Crippen LogP contribution >= 0.6 is 0 Å². The second kappa shape index (κ2) is 29.0. The molecule has 4 heterocycles. The highest BCUT2D eigenvalue weighted by molar-refractivity contribution is 5.94. The molecule has 75 heavy (non-hydrogen) atoms. The van der Waals surface area contributed by atoms with E-state index < -0.39 is 0 Å². The van der Waals surface area contributed by atoms with Gasteiger partial charge in [0, 0.05) is 50.3 Å². The summed E-state index contributed by atoms with van der Waals surface area (Å²) in [6.07, 6.45) is 20.0. The Hall–Kier alpha value is -5.65. The zero-order chi connectivity index (χ0) is 53.1. The molecule has 0 spiro atoms. The Kier molecular flexibility index (Phi) is 22.1. The molecule has 2 aromatic heterocycles. The smallest absolute Gasteiger partial charge is 0.272 e. The van der Waals surface area contributed by atoms with E-state index in [1.807, 2.05) is 57.9 Å². The van der Waals surface area contributed by atoms with Crippen LogP contribution < -0.4 is 34.5 Å². The van der Waals surface area contributed by atoms with Gasteiger partial charge in [-0.05, 0) is 146 Å². The number of piperidine rings is 2. The fourth-order valence-electron chi connectivity index (χ4n) is 11.4. The van der Waals surface area contributed by atoms with Gasteiger partial charge in [-0.3, -0.25) is 28.6 Å². The minimum absolute atomic E-state index is 0.00578. The lowest BCUT2D eigenvalue weighted by Crippen LogP contribution is -2.45. The number of methoxy groups -OCH3 is 4. The first-order chi connectivity index (χ1) is 36.7. The summed E-state index contributed by atoms with van der Waals surface area (Å²) in [5, 5.41) is 25.7. The molecular weight excluding hydrogens is 951 g/mol. The third-order valence-electron chi connectivity index (χ3n) is 16.0. The largest absolute Gasteiger partial charge is 0.496 e. The topological polar surface area (TPSA) is 178 Å². The van der Waals surface area contributed by atoms with Crippen LogP contribution in [0.25, 0.3) is 22.5 Å². The summed E-state index contributed by atoms with van der Waals surface area (Å²) in [5.41, 5.74) is 3.67. The van der Waals surface area contributed by atoms with Gasteiger partial charge in [0.05, 0.1) is 63.0 Å². The van der Waals surface area contributed by atoms with Gasteiger partial charge in [0.25, 0.3) is 5.91 Å². The number of hydrogen-bond acceptors (Lipinski definition) is 12. The minimum atomic E-state index is -0.294. The average Bonchev–Trinajstić information content (AvgIpc) is 4.23. The fourth-order valence-corrected chi connectivity index (χ4v) is 11.4. The van der Waals surface area contributed by atoms with Crippen molar-refractivity contribution in [2.24, 2.45) is 0 Å². The number of aliphatic hydroxyl groups excluding tert-OH is 1. The van der Waals surface area contributed by atoms with Gasteiger partial charge in [-0.25, -0.2) is 0 Å². The number of likely N-dealkylation sites (tertiary alicyclic amines) is 2. The van der Waals surface area contributed by atoms with Crippen LogP contribution in [0.5, 0.6) is 23.0 Å². The van der Waals surface area contributed by atoms with Gasteiger partial charge in [0.2, 0.25) is 12.3 Å². The van der Waals surface area contributed by atoms with Crippen molar-refractivity contribution >= 4 is 24.0 Å². The van der Waals surface area contributed by atoms with E-state index in [1.54, 1.807) is 33.3 Å². The average molecular weight is 1040 g/mol. The Morgan fingerprint density at radius 1 is 0.707 bits per heavy atom. The quantitative estimate of drug-likeness (QED) is 0.0509. The molecule has 2 saturated carbocycles. The first-order valence-corrected chi connectivity index (χ1v) is 28.2. The standard InChI is InChI=1S/C31H47N5O4.C27H40N4O4/c1-5-24(6-2)36-26(31-27(39-3)14-11-15-28(31)40-4)21-29(33-36)35(22-37)25(16-19-34-17-8-7-9-18-34)20-30(38)32-23-12-10-13-23;1-34-24-11-8-12-25(35-2)26(24)23-19-22(29-31(23)21-9-4-5-10-21)27(33)28-20(14-18-32)13-17-30-15-6-3-7-16-30/h11,14-15,21-25H,5-10,12-13,16-20H2,1-4H3,(H,32,38);8,11-12,19-21,32H,3-7,9-10,13-18H2,1-2H3,(H,28,33)/t25-;20-/m00/s1. The summed E-state index contributed by atoms with van der Waals surface area (Å²) < 4.78 is 26.8. The van der Waals surface area contributed by atoms with Crippen molar-refractivity contribution in [3.05, 3.63) is 54.2 Å². The highest BCUT2D eigenvalue weighted by atomic mass is 16.5. The maximum Gasteiger partial charge on any atom is 0.272 e. The highest BCUT2D eigenvalue weighted by Gasteiger charge is 2.32. The Morgan fingerprint density at radius 3 is 1.75 bits per heavy atom. The van der Waals surface area contributed by atoms with E-state index in [2.05, 4.69) is 34.3 Å². The van der Waals surface area contributed by atoms with Gasteiger partial charge in [-0.15, -0.1) is 0 Å². The van der Waals surface area contributed by atoms with E-state index >= 15 is 0 Å². The summed E-state index contributed by atoms with van der Waals surface area (Å²) in [5.74, 6) is 3.09. The summed E-state index contributed by atoms with van der Waals surface area (Å²) in [6.45, 7) is 10.5. The number of aromatic nitrogens is 4. The zero-order valence-electron chi connectivity index (χ0n) is 45.9. The van der Waals surface area contributed by atoms with Crippen LogP contribution in [0.1, 0.15) is 158 Å². The van der Waals surface area contributed by atoms with E-state index in [-0.39, 0.29) is 55.1 Å². The molecule has 0 bridgehead atoms. The minimum Gasteiger partial charge on any atom is -0.496 e. The Bertz CT molecular complexity index is 2350. The number of nitrogens with zero attached hydrogens (tertiary/aromatic N) is 7. The van der Waals surface area contributed by atoms with Crippen LogP contribution in [0.3, 0.4) is 0 Å². The van der Waals surface area contributed by atoms with Crippen LogP contribution in [0.2, 0.25) is 0 Å². The van der Waals surface area contributed by atoms with Crippen LogP contribution in [-0.2, 0) is 9.59 Å². The molecule has 3 N–H and O–H groups in total. The molecule has 3 amide bonds. The number of rotatable bonds is 26. The van der Waals surface area contributed by atoms with Crippen molar-refractivity contribution < 1.29 is 38.4 Å². The Morgan fingerprint density at radius 2 is 1.25 bits per heavy atom. The van der Waals surface area contributed by atoms with E-state index in [4.69, 9.17) is 29.1 Å². The molecule has 8 rings (SSSR count). The first-order valence-electron chi connectivity index (χ1n) is 28.2. The van der Waals surface area contributed by atoms with Gasteiger partial charge in [-0.2, -0.15) is 10.2 Å². The molecule has 0 unspecified atom stereocenters. The third-order valence-corrected chi connectivity index (χ3v) is 16.0. The van der Waals surface area contributed by atoms with Crippen LogP contribution in [0.4, 0.5) is 5.82 Å². The maximum atomic E-state index is 13.4. The molecule has 2 atom stereocenters. The summed E-state index contributed by atoms with van der Waals surface area (Å²) in [4.78, 5) is 45.8. The zero-order valence-corrected chi connectivity index (χ0v) is 45.9. The van der Waals surface area contributed by atoms with Crippen LogP contribution in [-0.4, -0.2) is 145 Å². The molecule has 4 aliphatic rings. The van der Waals surface area contributed by atoms with Crippen molar-refractivity contribution in [2.45, 2.75) is 166 Å². The second-order valence-corrected chi connectivity index (χ2v) is 20.8. The molecule has 2 aliphatic heterocycles. The number of anilines is 1. The molecular formula is C58H87N9O8. The van der Waals surface area contributed by atoms with Gasteiger partial charge in [-0.1, -0.05) is 51.7 Å². The third kappa shape index (κ3) is 14.8. The first kappa shape index (κ1) is 57.1. The fraction of sp³-hybridized carbons (Fsp3) is 0.638. The highest BCUT2D eigenvalue weighted by Crippen LogP contribution is 2.43. The number of amides is 3.